The van der Waals surface area contributed by atoms with Crippen LogP contribution in [0.25, 0.3) is 0 Å². The molecule has 5 heteroatoms. The molecule has 3 aromatic rings. The van der Waals surface area contributed by atoms with Gasteiger partial charge >= 0.3 is 0 Å². The van der Waals surface area contributed by atoms with Gasteiger partial charge in [-0.05, 0) is 48.1 Å². The number of benzene rings is 2. The minimum Gasteiger partial charge on any atom is -0.309 e. The Hall–Kier alpha value is -2.59. The Balaban J connectivity index is 1.36. The number of halogens is 1. The molecular weight excluding hydrogens is 346 g/mol. The number of nitrogens with zero attached hydrogens (tertiary/aromatic N) is 2. The zero-order valence-electron chi connectivity index (χ0n) is 14.5. The number of hydrogen-bond donors (Lipinski definition) is 1. The summed E-state index contributed by atoms with van der Waals surface area (Å²) in [5, 5.41) is 8.13. The Labute approximate surface area is 157 Å². The van der Waals surface area contributed by atoms with Crippen LogP contribution in [0.1, 0.15) is 29.0 Å². The molecule has 0 spiro atoms. The van der Waals surface area contributed by atoms with Crippen LogP contribution in [0.3, 0.4) is 0 Å². The first-order chi connectivity index (χ1) is 12.6. The zero-order chi connectivity index (χ0) is 18.1. The first kappa shape index (κ1) is 16.9. The summed E-state index contributed by atoms with van der Waals surface area (Å²) in [6, 6.07) is 17.8. The van der Waals surface area contributed by atoms with Crippen molar-refractivity contribution in [3.8, 4) is 0 Å². The largest absolute Gasteiger partial charge is 0.309 e. The van der Waals surface area contributed by atoms with E-state index in [2.05, 4.69) is 29.5 Å². The molecule has 132 valence electrons. The summed E-state index contributed by atoms with van der Waals surface area (Å²) in [6.45, 7) is 2.78. The van der Waals surface area contributed by atoms with Crippen LogP contribution in [0, 0.1) is 12.8 Å². The van der Waals surface area contributed by atoms with Gasteiger partial charge in [0, 0.05) is 23.2 Å². The van der Waals surface area contributed by atoms with Crippen molar-refractivity contribution in [2.24, 2.45) is 5.92 Å². The molecule has 0 aliphatic heterocycles. The van der Waals surface area contributed by atoms with E-state index >= 15 is 0 Å². The number of carbonyl (C=O) groups is 1. The van der Waals surface area contributed by atoms with Gasteiger partial charge in [0.25, 0.3) is 0 Å². The van der Waals surface area contributed by atoms with E-state index in [1.54, 1.807) is 0 Å². The number of aromatic nitrogens is 2. The van der Waals surface area contributed by atoms with E-state index in [-0.39, 0.29) is 17.7 Å². The van der Waals surface area contributed by atoms with Crippen LogP contribution in [0.15, 0.2) is 60.8 Å². The van der Waals surface area contributed by atoms with Gasteiger partial charge < -0.3 is 5.32 Å². The van der Waals surface area contributed by atoms with E-state index in [1.807, 2.05) is 53.3 Å². The van der Waals surface area contributed by atoms with Crippen LogP contribution in [-0.4, -0.2) is 15.7 Å². The van der Waals surface area contributed by atoms with Crippen molar-refractivity contribution >= 4 is 23.3 Å². The highest BCUT2D eigenvalue weighted by molar-refractivity contribution is 6.30. The molecule has 1 aromatic heterocycles. The average Bonchev–Trinajstić information content (AvgIpc) is 3.32. The van der Waals surface area contributed by atoms with Crippen molar-refractivity contribution in [3.05, 3.63) is 82.5 Å². The van der Waals surface area contributed by atoms with Gasteiger partial charge in [0.1, 0.15) is 0 Å². The third-order valence-corrected chi connectivity index (χ3v) is 5.16. The highest BCUT2D eigenvalue weighted by atomic mass is 35.5. The van der Waals surface area contributed by atoms with Crippen molar-refractivity contribution < 1.29 is 4.79 Å². The molecule has 0 saturated heterocycles. The maximum Gasteiger partial charge on any atom is 0.229 e. The quantitative estimate of drug-likeness (QED) is 0.716. The monoisotopic (exact) mass is 365 g/mol. The summed E-state index contributed by atoms with van der Waals surface area (Å²) in [6.07, 6.45) is 2.77. The lowest BCUT2D eigenvalue weighted by Crippen LogP contribution is -2.15. The molecule has 26 heavy (non-hydrogen) atoms. The first-order valence-corrected chi connectivity index (χ1v) is 9.12. The van der Waals surface area contributed by atoms with E-state index in [0.29, 0.717) is 12.4 Å². The van der Waals surface area contributed by atoms with Crippen LogP contribution < -0.4 is 5.32 Å². The molecule has 2 unspecified atom stereocenters. The second-order valence-corrected chi connectivity index (χ2v) is 7.25. The number of aryl methyl sites for hydroxylation is 1. The summed E-state index contributed by atoms with van der Waals surface area (Å²) in [7, 11) is 0. The van der Waals surface area contributed by atoms with Gasteiger partial charge in [-0.2, -0.15) is 5.10 Å². The molecule has 0 bridgehead atoms. The van der Waals surface area contributed by atoms with Gasteiger partial charge in [0.05, 0.1) is 6.54 Å². The Morgan fingerprint density at radius 1 is 1.19 bits per heavy atom. The minimum absolute atomic E-state index is 0.0118. The van der Waals surface area contributed by atoms with E-state index in [0.717, 1.165) is 11.4 Å². The van der Waals surface area contributed by atoms with Gasteiger partial charge in [-0.15, -0.1) is 0 Å². The van der Waals surface area contributed by atoms with Crippen molar-refractivity contribution in [1.82, 2.24) is 9.78 Å². The second-order valence-electron chi connectivity index (χ2n) is 6.81. The summed E-state index contributed by atoms with van der Waals surface area (Å²) in [4.78, 5) is 12.5. The molecule has 4 nitrogen and oxygen atoms in total. The smallest absolute Gasteiger partial charge is 0.229 e. The lowest BCUT2D eigenvalue weighted by Gasteiger charge is -2.06. The molecule has 4 rings (SSSR count). The van der Waals surface area contributed by atoms with Crippen molar-refractivity contribution in [1.29, 1.82) is 0 Å². The summed E-state index contributed by atoms with van der Waals surface area (Å²) in [5.41, 5.74) is 3.62. The molecule has 0 radical (unpaired) electrons. The number of hydrogen-bond acceptors (Lipinski definition) is 2. The highest BCUT2D eigenvalue weighted by Crippen LogP contribution is 2.48. The first-order valence-electron chi connectivity index (χ1n) is 8.74. The Bertz CT molecular complexity index is 932. The standard InChI is InChI=1S/C21H20ClN3O/c1-14-4-2-3-5-16(14)13-25-11-10-20(24-25)23-21(26)19-12-18(19)15-6-8-17(22)9-7-15/h2-11,18-19H,12-13H2,1H3,(H,23,24,26). The number of carbonyl (C=O) groups excluding carboxylic acids is 1. The molecule has 1 saturated carbocycles. The van der Waals surface area contributed by atoms with Gasteiger partial charge in [-0.3, -0.25) is 9.48 Å². The number of nitrogens with one attached hydrogen (secondary N) is 1. The molecule has 2 atom stereocenters. The Morgan fingerprint density at radius 2 is 1.96 bits per heavy atom. The molecule has 1 fully saturated rings. The molecule has 1 heterocycles. The average molecular weight is 366 g/mol. The van der Waals surface area contributed by atoms with Crippen molar-refractivity contribution in [3.63, 3.8) is 0 Å². The fraction of sp³-hybridized carbons (Fsp3) is 0.238. The summed E-state index contributed by atoms with van der Waals surface area (Å²) in [5.74, 6) is 0.926. The van der Waals surface area contributed by atoms with Crippen LogP contribution in [0.5, 0.6) is 0 Å². The maximum absolute atomic E-state index is 12.5. The van der Waals surface area contributed by atoms with Crippen LogP contribution >= 0.6 is 11.6 Å². The van der Waals surface area contributed by atoms with Crippen LogP contribution in [0.4, 0.5) is 5.82 Å². The van der Waals surface area contributed by atoms with Crippen molar-refractivity contribution in [2.45, 2.75) is 25.8 Å². The lowest BCUT2D eigenvalue weighted by atomic mass is 10.1. The lowest BCUT2D eigenvalue weighted by molar-refractivity contribution is -0.117. The second kappa shape index (κ2) is 6.96. The zero-order valence-corrected chi connectivity index (χ0v) is 15.3. The summed E-state index contributed by atoms with van der Waals surface area (Å²) >= 11 is 5.92. The van der Waals surface area contributed by atoms with Crippen LogP contribution in [-0.2, 0) is 11.3 Å². The van der Waals surface area contributed by atoms with E-state index in [1.165, 1.54) is 16.7 Å². The molecule has 1 aliphatic carbocycles. The molecular formula is C21H20ClN3O. The Kier molecular flexibility index (Phi) is 4.51. The van der Waals surface area contributed by atoms with Gasteiger partial charge in [-0.25, -0.2) is 0 Å². The minimum atomic E-state index is 0.0118. The topological polar surface area (TPSA) is 46.9 Å². The molecule has 1 N–H and O–H groups in total. The van der Waals surface area contributed by atoms with E-state index in [4.69, 9.17) is 11.6 Å². The third-order valence-electron chi connectivity index (χ3n) is 4.91. The van der Waals surface area contributed by atoms with Gasteiger partial charge in [0.15, 0.2) is 5.82 Å². The highest BCUT2D eigenvalue weighted by Gasteiger charge is 2.44. The van der Waals surface area contributed by atoms with E-state index < -0.39 is 0 Å². The molecule has 1 aliphatic rings. The predicted octanol–water partition coefficient (Wildman–Crippen LogP) is 4.64. The maximum atomic E-state index is 12.5. The summed E-state index contributed by atoms with van der Waals surface area (Å²) < 4.78 is 1.85. The fourth-order valence-corrected chi connectivity index (χ4v) is 3.39. The van der Waals surface area contributed by atoms with E-state index in [9.17, 15) is 4.79 Å². The predicted molar refractivity (Wildman–Crippen MR) is 103 cm³/mol. The fourth-order valence-electron chi connectivity index (χ4n) is 3.26. The SMILES string of the molecule is Cc1ccccc1Cn1ccc(NC(=O)C2CC2c2ccc(Cl)cc2)n1. The van der Waals surface area contributed by atoms with Gasteiger partial charge in [0.2, 0.25) is 5.91 Å². The number of rotatable bonds is 5. The Morgan fingerprint density at radius 3 is 2.73 bits per heavy atom. The van der Waals surface area contributed by atoms with Gasteiger partial charge in [-0.1, -0.05) is 48.0 Å². The molecule has 1 amide bonds. The van der Waals surface area contributed by atoms with Crippen LogP contribution in [0.2, 0.25) is 5.02 Å². The normalized spacial score (nSPS) is 18.5. The van der Waals surface area contributed by atoms with Crippen molar-refractivity contribution in [2.75, 3.05) is 5.32 Å². The molecule has 2 aromatic carbocycles. The number of anilines is 1. The third kappa shape index (κ3) is 3.65. The number of amides is 1.